The number of carboxylic acids is 1. The quantitative estimate of drug-likeness (QED) is 0.616. The Labute approximate surface area is 122 Å². The summed E-state index contributed by atoms with van der Waals surface area (Å²) in [4.78, 5) is 21.9. The van der Waals surface area contributed by atoms with Gasteiger partial charge in [0.25, 0.3) is 0 Å². The number of hydrogen-bond acceptors (Lipinski definition) is 5. The zero-order valence-electron chi connectivity index (χ0n) is 12.4. The van der Waals surface area contributed by atoms with Crippen LogP contribution in [-0.4, -0.2) is 31.3 Å². The van der Waals surface area contributed by atoms with Gasteiger partial charge in [-0.05, 0) is 40.0 Å². The molecular formula is C13H20N4O4. The minimum absolute atomic E-state index is 0.0491. The van der Waals surface area contributed by atoms with Gasteiger partial charge in [0.15, 0.2) is 0 Å². The first kappa shape index (κ1) is 15.3. The normalized spacial score (nSPS) is 16.6. The summed E-state index contributed by atoms with van der Waals surface area (Å²) in [5, 5.41) is 27.7. The number of nitrogens with one attached hydrogen (secondary N) is 1. The maximum atomic E-state index is 11.3. The molecular weight excluding hydrogens is 276 g/mol. The first-order valence-electron chi connectivity index (χ1n) is 6.99. The van der Waals surface area contributed by atoms with Gasteiger partial charge in [0.2, 0.25) is 5.82 Å². The maximum Gasteiger partial charge on any atom is 0.333 e. The second kappa shape index (κ2) is 5.34. The lowest BCUT2D eigenvalue weighted by molar-refractivity contribution is -0.384. The molecule has 8 nitrogen and oxygen atoms in total. The summed E-state index contributed by atoms with van der Waals surface area (Å²) in [6, 6.07) is -0.0538. The molecule has 0 atom stereocenters. The highest BCUT2D eigenvalue weighted by Gasteiger charge is 2.42. The van der Waals surface area contributed by atoms with Crippen molar-refractivity contribution < 1.29 is 14.8 Å². The van der Waals surface area contributed by atoms with E-state index in [0.717, 1.165) is 6.42 Å². The molecule has 0 unspecified atom stereocenters. The number of carbonyl (C=O) groups is 1. The third kappa shape index (κ3) is 2.84. The zero-order valence-corrected chi connectivity index (χ0v) is 12.4. The number of hydrogen-bond donors (Lipinski definition) is 2. The van der Waals surface area contributed by atoms with E-state index >= 15 is 0 Å². The van der Waals surface area contributed by atoms with E-state index in [9.17, 15) is 14.9 Å². The molecule has 21 heavy (non-hydrogen) atoms. The van der Waals surface area contributed by atoms with Crippen molar-refractivity contribution in [3.05, 3.63) is 15.8 Å². The maximum absolute atomic E-state index is 11.3. The van der Waals surface area contributed by atoms with Gasteiger partial charge in [0, 0.05) is 11.6 Å². The number of aromatic nitrogens is 2. The Bertz CT molecular complexity index is 575. The minimum Gasteiger partial charge on any atom is -0.481 e. The molecule has 0 aromatic carbocycles. The minimum atomic E-state index is -0.905. The second-order valence-corrected chi connectivity index (χ2v) is 5.91. The molecule has 2 N–H and O–H groups in total. The van der Waals surface area contributed by atoms with Crippen LogP contribution >= 0.6 is 0 Å². The van der Waals surface area contributed by atoms with Gasteiger partial charge in [-0.3, -0.25) is 14.9 Å². The molecule has 1 saturated carbocycles. The monoisotopic (exact) mass is 296 g/mol. The van der Waals surface area contributed by atoms with E-state index in [0.29, 0.717) is 24.4 Å². The molecule has 0 saturated heterocycles. The van der Waals surface area contributed by atoms with Crippen molar-refractivity contribution in [2.45, 2.75) is 58.0 Å². The predicted molar refractivity (Wildman–Crippen MR) is 76.5 cm³/mol. The molecule has 0 bridgehead atoms. The molecule has 116 valence electrons. The van der Waals surface area contributed by atoms with Gasteiger partial charge in [-0.25, -0.2) is 4.68 Å². The van der Waals surface area contributed by atoms with Gasteiger partial charge in [-0.2, -0.15) is 5.10 Å². The molecule has 0 radical (unpaired) electrons. The predicted octanol–water partition coefficient (Wildman–Crippen LogP) is 2.49. The highest BCUT2D eigenvalue weighted by molar-refractivity contribution is 5.71. The summed E-state index contributed by atoms with van der Waals surface area (Å²) in [6.07, 6.45) is 2.26. The summed E-state index contributed by atoms with van der Waals surface area (Å²) < 4.78 is 1.56. The fraction of sp³-hybridized carbons (Fsp3) is 0.692. The number of carboxylic acid groups (broad SMARTS) is 1. The Balaban J connectivity index is 2.42. The highest BCUT2D eigenvalue weighted by Crippen LogP contribution is 2.41. The number of rotatable bonds is 6. The average Bonchev–Trinajstić information content (AvgIpc) is 2.62. The third-order valence-corrected chi connectivity index (χ3v) is 3.91. The molecule has 0 aliphatic heterocycles. The van der Waals surface area contributed by atoms with Crippen LogP contribution in [0.4, 0.5) is 11.5 Å². The SMILES string of the molecule is Cc1nn(C(C)C)c(NC2(CC(=O)O)CCC2)c1[N+](=O)[O-]. The Morgan fingerprint density at radius 1 is 1.57 bits per heavy atom. The summed E-state index contributed by atoms with van der Waals surface area (Å²) in [6.45, 7) is 5.35. The van der Waals surface area contributed by atoms with Crippen molar-refractivity contribution in [2.24, 2.45) is 0 Å². The number of nitrogens with zero attached hydrogens (tertiary/aromatic N) is 3. The van der Waals surface area contributed by atoms with E-state index < -0.39 is 16.4 Å². The van der Waals surface area contributed by atoms with Gasteiger partial charge >= 0.3 is 11.7 Å². The van der Waals surface area contributed by atoms with Crippen LogP contribution in [0.5, 0.6) is 0 Å². The Morgan fingerprint density at radius 3 is 2.57 bits per heavy atom. The number of aliphatic carboxylic acids is 1. The van der Waals surface area contributed by atoms with Crippen molar-refractivity contribution in [1.29, 1.82) is 0 Å². The molecule has 1 aromatic rings. The highest BCUT2D eigenvalue weighted by atomic mass is 16.6. The van der Waals surface area contributed by atoms with Crippen LogP contribution in [-0.2, 0) is 4.79 Å². The van der Waals surface area contributed by atoms with E-state index in [-0.39, 0.29) is 18.2 Å². The molecule has 8 heteroatoms. The van der Waals surface area contributed by atoms with E-state index in [1.165, 1.54) is 0 Å². The van der Waals surface area contributed by atoms with E-state index in [1.807, 2.05) is 13.8 Å². The first-order chi connectivity index (χ1) is 9.76. The standard InChI is InChI=1S/C13H20N4O4/c1-8(2)16-12(11(17(20)21)9(3)15-16)14-13(5-4-6-13)7-10(18)19/h8,14H,4-7H2,1-3H3,(H,18,19). The summed E-state index contributed by atoms with van der Waals surface area (Å²) in [5.41, 5.74) is -0.336. The van der Waals surface area contributed by atoms with E-state index in [4.69, 9.17) is 5.11 Å². The lowest BCUT2D eigenvalue weighted by atomic mass is 9.74. The smallest absolute Gasteiger partial charge is 0.333 e. The fourth-order valence-corrected chi connectivity index (χ4v) is 2.74. The van der Waals surface area contributed by atoms with E-state index in [2.05, 4.69) is 10.4 Å². The van der Waals surface area contributed by atoms with Crippen LogP contribution in [0.15, 0.2) is 0 Å². The van der Waals surface area contributed by atoms with Crippen LogP contribution in [0.2, 0.25) is 0 Å². The van der Waals surface area contributed by atoms with Crippen molar-refractivity contribution in [1.82, 2.24) is 9.78 Å². The fourth-order valence-electron chi connectivity index (χ4n) is 2.74. The topological polar surface area (TPSA) is 110 Å². The van der Waals surface area contributed by atoms with Gasteiger partial charge in [-0.1, -0.05) is 0 Å². The summed E-state index contributed by atoms with van der Waals surface area (Å²) in [7, 11) is 0. The van der Waals surface area contributed by atoms with Crippen LogP contribution in [0, 0.1) is 17.0 Å². The lowest BCUT2D eigenvalue weighted by Crippen LogP contribution is -2.47. The lowest BCUT2D eigenvalue weighted by Gasteiger charge is -2.42. The van der Waals surface area contributed by atoms with Crippen LogP contribution < -0.4 is 5.32 Å². The summed E-state index contributed by atoms with van der Waals surface area (Å²) >= 11 is 0. The molecule has 1 aromatic heterocycles. The van der Waals surface area contributed by atoms with Crippen LogP contribution in [0.25, 0.3) is 0 Å². The van der Waals surface area contributed by atoms with Gasteiger partial charge in [0.1, 0.15) is 5.69 Å². The van der Waals surface area contributed by atoms with Crippen molar-refractivity contribution in [3.8, 4) is 0 Å². The van der Waals surface area contributed by atoms with Crippen molar-refractivity contribution in [2.75, 3.05) is 5.32 Å². The third-order valence-electron chi connectivity index (χ3n) is 3.91. The number of anilines is 1. The molecule has 0 spiro atoms. The van der Waals surface area contributed by atoms with Crippen LogP contribution in [0.1, 0.15) is 51.3 Å². The van der Waals surface area contributed by atoms with E-state index in [1.54, 1.807) is 11.6 Å². The molecule has 1 fully saturated rings. The Kier molecular flexibility index (Phi) is 3.89. The largest absolute Gasteiger partial charge is 0.481 e. The second-order valence-electron chi connectivity index (χ2n) is 5.91. The Hall–Kier alpha value is -2.12. The molecule has 2 rings (SSSR count). The molecule has 1 aliphatic carbocycles. The van der Waals surface area contributed by atoms with Crippen molar-refractivity contribution in [3.63, 3.8) is 0 Å². The van der Waals surface area contributed by atoms with Crippen LogP contribution in [0.3, 0.4) is 0 Å². The number of aryl methyl sites for hydroxylation is 1. The summed E-state index contributed by atoms with van der Waals surface area (Å²) in [5.74, 6) is -0.592. The molecule has 1 aliphatic rings. The zero-order chi connectivity index (χ0) is 15.8. The molecule has 0 amide bonds. The molecule has 1 heterocycles. The average molecular weight is 296 g/mol. The first-order valence-corrected chi connectivity index (χ1v) is 6.99. The van der Waals surface area contributed by atoms with Crippen molar-refractivity contribution >= 4 is 17.5 Å². The Morgan fingerprint density at radius 2 is 2.19 bits per heavy atom. The van der Waals surface area contributed by atoms with Gasteiger partial charge in [0.05, 0.1) is 11.3 Å². The number of nitro groups is 1. The van der Waals surface area contributed by atoms with Gasteiger partial charge in [-0.15, -0.1) is 0 Å². The van der Waals surface area contributed by atoms with Gasteiger partial charge < -0.3 is 10.4 Å².